The Hall–Kier alpha value is -1.36. The van der Waals surface area contributed by atoms with Gasteiger partial charge in [0, 0.05) is 0 Å². The normalized spacial score (nSPS) is 12.9. The molecule has 1 atom stereocenters. The van der Waals surface area contributed by atoms with Gasteiger partial charge in [-0.2, -0.15) is 5.10 Å². The first-order valence-electron chi connectivity index (χ1n) is 3.14. The van der Waals surface area contributed by atoms with Crippen LogP contribution in [0.2, 0.25) is 0 Å². The van der Waals surface area contributed by atoms with Crippen LogP contribution in [0.5, 0.6) is 0 Å². The molecule has 1 aromatic heterocycles. The molecule has 0 saturated carbocycles. The van der Waals surface area contributed by atoms with Crippen molar-refractivity contribution in [2.45, 2.75) is 13.0 Å². The summed E-state index contributed by atoms with van der Waals surface area (Å²) in [6, 6.07) is 1.42. The van der Waals surface area contributed by atoms with Crippen molar-refractivity contribution in [3.63, 3.8) is 0 Å². The van der Waals surface area contributed by atoms with Gasteiger partial charge in [-0.15, -0.1) is 0 Å². The zero-order chi connectivity index (χ0) is 8.43. The number of primary amides is 1. The molecule has 0 saturated heterocycles. The summed E-state index contributed by atoms with van der Waals surface area (Å²) in [4.78, 5) is 10.5. The molecule has 0 spiro atoms. The van der Waals surface area contributed by atoms with E-state index in [1.807, 2.05) is 0 Å². The largest absolute Gasteiger partial charge is 0.387 e. The summed E-state index contributed by atoms with van der Waals surface area (Å²) in [5.41, 5.74) is 5.55. The Morgan fingerprint density at radius 2 is 2.55 bits per heavy atom. The molecule has 1 unspecified atom stereocenters. The highest BCUT2D eigenvalue weighted by atomic mass is 16.3. The Morgan fingerprint density at radius 3 is 2.82 bits per heavy atom. The van der Waals surface area contributed by atoms with E-state index < -0.39 is 12.0 Å². The number of hydrogen-bond acceptors (Lipinski definition) is 3. The number of aromatic nitrogens is 2. The Morgan fingerprint density at radius 1 is 1.91 bits per heavy atom. The summed E-state index contributed by atoms with van der Waals surface area (Å²) in [7, 11) is 0. The molecular weight excluding hydrogens is 146 g/mol. The lowest BCUT2D eigenvalue weighted by atomic mass is 10.2. The number of amides is 1. The maximum absolute atomic E-state index is 10.5. The van der Waals surface area contributed by atoms with Gasteiger partial charge >= 0.3 is 0 Å². The average Bonchev–Trinajstić information content (AvgIpc) is 2.33. The van der Waals surface area contributed by atoms with E-state index in [2.05, 4.69) is 10.2 Å². The van der Waals surface area contributed by atoms with Gasteiger partial charge in [0.2, 0.25) is 0 Å². The lowest BCUT2D eigenvalue weighted by molar-refractivity contribution is 0.0995. The lowest BCUT2D eigenvalue weighted by Gasteiger charge is -1.95. The van der Waals surface area contributed by atoms with Crippen molar-refractivity contribution in [2.75, 3.05) is 0 Å². The van der Waals surface area contributed by atoms with E-state index in [9.17, 15) is 4.79 Å². The number of rotatable bonds is 2. The predicted molar refractivity (Wildman–Crippen MR) is 37.7 cm³/mol. The molecule has 11 heavy (non-hydrogen) atoms. The molecule has 0 aliphatic carbocycles. The van der Waals surface area contributed by atoms with E-state index >= 15 is 0 Å². The van der Waals surface area contributed by atoms with Gasteiger partial charge in [0.25, 0.3) is 5.91 Å². The summed E-state index contributed by atoms with van der Waals surface area (Å²) in [6.07, 6.45) is -0.657. The van der Waals surface area contributed by atoms with E-state index in [1.165, 1.54) is 6.07 Å². The zero-order valence-corrected chi connectivity index (χ0v) is 6.03. The van der Waals surface area contributed by atoms with Gasteiger partial charge in [0.05, 0.1) is 11.8 Å². The summed E-state index contributed by atoms with van der Waals surface area (Å²) < 4.78 is 0. The van der Waals surface area contributed by atoms with Crippen LogP contribution in [-0.4, -0.2) is 21.2 Å². The third kappa shape index (κ3) is 1.56. The second-order valence-electron chi connectivity index (χ2n) is 2.25. The minimum absolute atomic E-state index is 0.140. The van der Waals surface area contributed by atoms with Crippen LogP contribution in [0, 0.1) is 0 Å². The zero-order valence-electron chi connectivity index (χ0n) is 6.03. The molecule has 1 amide bonds. The summed E-state index contributed by atoms with van der Waals surface area (Å²) >= 11 is 0. The average molecular weight is 155 g/mol. The van der Waals surface area contributed by atoms with Crippen molar-refractivity contribution in [2.24, 2.45) is 5.73 Å². The number of carbonyl (C=O) groups is 1. The lowest BCUT2D eigenvalue weighted by Crippen LogP contribution is -2.11. The van der Waals surface area contributed by atoms with Gasteiger partial charge in [0.1, 0.15) is 5.69 Å². The molecule has 60 valence electrons. The standard InChI is InChI=1S/C6H9N3O2/c1-3(10)4-2-5(6(7)11)9-8-4/h2-3,10H,1H3,(H2,7,11)(H,8,9). The van der Waals surface area contributed by atoms with Crippen molar-refractivity contribution in [3.8, 4) is 0 Å². The number of aliphatic hydroxyl groups excluding tert-OH is 1. The molecule has 0 aliphatic heterocycles. The Bertz CT molecular complexity index is 267. The summed E-state index contributed by atoms with van der Waals surface area (Å²) in [6.45, 7) is 1.57. The van der Waals surface area contributed by atoms with Crippen LogP contribution in [0.1, 0.15) is 29.2 Å². The number of H-pyrrole nitrogens is 1. The molecule has 1 aromatic rings. The molecule has 0 fully saturated rings. The monoisotopic (exact) mass is 155 g/mol. The molecule has 1 rings (SSSR count). The fourth-order valence-corrected chi connectivity index (χ4v) is 0.677. The Balaban J connectivity index is 2.90. The van der Waals surface area contributed by atoms with Gasteiger partial charge in [-0.1, -0.05) is 0 Å². The van der Waals surface area contributed by atoms with Crippen molar-refractivity contribution in [3.05, 3.63) is 17.5 Å². The first kappa shape index (κ1) is 7.74. The van der Waals surface area contributed by atoms with E-state index in [0.717, 1.165) is 0 Å². The van der Waals surface area contributed by atoms with Crippen LogP contribution < -0.4 is 5.73 Å². The minimum atomic E-state index is -0.657. The highest BCUT2D eigenvalue weighted by Gasteiger charge is 2.08. The molecule has 0 aliphatic rings. The third-order valence-electron chi connectivity index (χ3n) is 1.30. The van der Waals surface area contributed by atoms with Crippen LogP contribution in [-0.2, 0) is 0 Å². The maximum Gasteiger partial charge on any atom is 0.269 e. The highest BCUT2D eigenvalue weighted by molar-refractivity contribution is 5.90. The van der Waals surface area contributed by atoms with Gasteiger partial charge in [-0.05, 0) is 13.0 Å². The van der Waals surface area contributed by atoms with Gasteiger partial charge in [-0.25, -0.2) is 0 Å². The third-order valence-corrected chi connectivity index (χ3v) is 1.30. The van der Waals surface area contributed by atoms with Gasteiger partial charge in [-0.3, -0.25) is 9.89 Å². The van der Waals surface area contributed by atoms with Crippen LogP contribution >= 0.6 is 0 Å². The predicted octanol–water partition coefficient (Wildman–Crippen LogP) is -0.438. The fourth-order valence-electron chi connectivity index (χ4n) is 0.677. The highest BCUT2D eigenvalue weighted by Crippen LogP contribution is 2.08. The van der Waals surface area contributed by atoms with Crippen LogP contribution in [0.4, 0.5) is 0 Å². The van der Waals surface area contributed by atoms with Crippen LogP contribution in [0.3, 0.4) is 0 Å². The number of carbonyl (C=O) groups excluding carboxylic acids is 1. The number of aliphatic hydroxyl groups is 1. The van der Waals surface area contributed by atoms with Crippen molar-refractivity contribution in [1.29, 1.82) is 0 Å². The molecule has 0 bridgehead atoms. The number of hydrogen-bond donors (Lipinski definition) is 3. The van der Waals surface area contributed by atoms with Crippen LogP contribution in [0.25, 0.3) is 0 Å². The maximum atomic E-state index is 10.5. The van der Waals surface area contributed by atoms with E-state index in [4.69, 9.17) is 10.8 Å². The van der Waals surface area contributed by atoms with E-state index in [1.54, 1.807) is 6.92 Å². The van der Waals surface area contributed by atoms with Crippen molar-refractivity contribution >= 4 is 5.91 Å². The summed E-state index contributed by atoms with van der Waals surface area (Å²) in [5.74, 6) is -0.604. The molecule has 5 heteroatoms. The number of nitrogens with zero attached hydrogens (tertiary/aromatic N) is 1. The van der Waals surface area contributed by atoms with Gasteiger partial charge < -0.3 is 10.8 Å². The van der Waals surface area contributed by atoms with Crippen molar-refractivity contribution < 1.29 is 9.90 Å². The fraction of sp³-hybridized carbons (Fsp3) is 0.333. The first-order chi connectivity index (χ1) is 5.11. The minimum Gasteiger partial charge on any atom is -0.387 e. The van der Waals surface area contributed by atoms with E-state index in [-0.39, 0.29) is 5.69 Å². The summed E-state index contributed by atoms with van der Waals surface area (Å²) in [5, 5.41) is 15.1. The molecule has 5 nitrogen and oxygen atoms in total. The van der Waals surface area contributed by atoms with E-state index in [0.29, 0.717) is 5.69 Å². The topological polar surface area (TPSA) is 92.0 Å². The molecule has 0 radical (unpaired) electrons. The van der Waals surface area contributed by atoms with Crippen molar-refractivity contribution in [1.82, 2.24) is 10.2 Å². The second kappa shape index (κ2) is 2.71. The molecular formula is C6H9N3O2. The smallest absolute Gasteiger partial charge is 0.269 e. The Labute approximate surface area is 63.2 Å². The number of nitrogens with one attached hydrogen (secondary N) is 1. The first-order valence-corrected chi connectivity index (χ1v) is 3.14. The molecule has 0 aromatic carbocycles. The molecule has 1 heterocycles. The Kier molecular flexibility index (Phi) is 1.91. The second-order valence-corrected chi connectivity index (χ2v) is 2.25. The quantitative estimate of drug-likeness (QED) is 0.540. The van der Waals surface area contributed by atoms with Crippen LogP contribution in [0.15, 0.2) is 6.07 Å². The SMILES string of the molecule is CC(O)c1cc(C(N)=O)n[nH]1. The number of aromatic amines is 1. The molecule has 4 N–H and O–H groups in total. The van der Waals surface area contributed by atoms with Gasteiger partial charge in [0.15, 0.2) is 0 Å². The number of nitrogens with two attached hydrogens (primary N) is 1.